The van der Waals surface area contributed by atoms with Gasteiger partial charge in [-0.3, -0.25) is 0 Å². The molecule has 0 unspecified atom stereocenters. The first-order chi connectivity index (χ1) is 12.8. The molecule has 2 rings (SSSR count). The molecule has 0 N–H and O–H groups in total. The molecule has 2 aliphatic rings. The Labute approximate surface area is 164 Å². The number of rotatable bonds is 12. The van der Waals surface area contributed by atoms with Crippen LogP contribution in [0.3, 0.4) is 0 Å². The summed E-state index contributed by atoms with van der Waals surface area (Å²) in [5.74, 6) is 2.84. The molecule has 0 amide bonds. The lowest BCUT2D eigenvalue weighted by molar-refractivity contribution is 0.0331. The molecule has 0 radical (unpaired) electrons. The van der Waals surface area contributed by atoms with Crippen LogP contribution in [0.2, 0.25) is 0 Å². The summed E-state index contributed by atoms with van der Waals surface area (Å²) in [5.41, 5.74) is 0. The summed E-state index contributed by atoms with van der Waals surface area (Å²) in [6.07, 6.45) is 27.9. The Morgan fingerprint density at radius 2 is 1.23 bits per heavy atom. The van der Waals surface area contributed by atoms with E-state index in [9.17, 15) is 0 Å². The van der Waals surface area contributed by atoms with Gasteiger partial charge in [0.05, 0.1) is 12.7 Å². The van der Waals surface area contributed by atoms with Crippen LogP contribution in [0.25, 0.3) is 0 Å². The van der Waals surface area contributed by atoms with E-state index in [1.165, 1.54) is 103 Å². The second-order valence-electron chi connectivity index (χ2n) is 9.18. The van der Waals surface area contributed by atoms with Crippen LogP contribution in [0.15, 0.2) is 12.2 Å². The van der Waals surface area contributed by atoms with Crippen molar-refractivity contribution in [2.24, 2.45) is 17.8 Å². The predicted octanol–water partition coefficient (Wildman–Crippen LogP) is 8.09. The Bertz CT molecular complexity index is 345. The predicted molar refractivity (Wildman–Crippen MR) is 115 cm³/mol. The molecule has 152 valence electrons. The van der Waals surface area contributed by atoms with Crippen molar-refractivity contribution in [1.29, 1.82) is 0 Å². The average Bonchev–Trinajstić information content (AvgIpc) is 2.68. The number of hydrogen-bond acceptors (Lipinski definition) is 1. The van der Waals surface area contributed by atoms with E-state index >= 15 is 0 Å². The average molecular weight is 363 g/mol. The van der Waals surface area contributed by atoms with Gasteiger partial charge in [0.1, 0.15) is 0 Å². The highest BCUT2D eigenvalue weighted by Crippen LogP contribution is 2.33. The lowest BCUT2D eigenvalue weighted by Gasteiger charge is -2.28. The van der Waals surface area contributed by atoms with Crippen LogP contribution in [-0.4, -0.2) is 12.7 Å². The van der Waals surface area contributed by atoms with E-state index in [0.717, 1.165) is 24.4 Å². The van der Waals surface area contributed by atoms with Gasteiger partial charge in [-0.25, -0.2) is 0 Å². The summed E-state index contributed by atoms with van der Waals surface area (Å²) in [6, 6.07) is 0. The molecule has 0 aromatic rings. The maximum Gasteiger partial charge on any atom is 0.0651 e. The SMILES string of the molecule is CCCCCC1CCC(C=CCOC2CCC(CCCCC)CC2)CC1. The molecule has 26 heavy (non-hydrogen) atoms. The van der Waals surface area contributed by atoms with Crippen LogP contribution in [0.4, 0.5) is 0 Å². The quantitative estimate of drug-likeness (QED) is 0.252. The fourth-order valence-electron chi connectivity index (χ4n) is 5.06. The molecule has 0 saturated heterocycles. The molecule has 1 heteroatoms. The van der Waals surface area contributed by atoms with E-state index in [2.05, 4.69) is 26.0 Å². The van der Waals surface area contributed by atoms with Crippen LogP contribution >= 0.6 is 0 Å². The molecule has 0 aromatic heterocycles. The van der Waals surface area contributed by atoms with Crippen LogP contribution in [-0.2, 0) is 4.74 Å². The molecule has 0 spiro atoms. The Kier molecular flexibility index (Phi) is 11.7. The molecule has 0 atom stereocenters. The number of ether oxygens (including phenoxy) is 1. The van der Waals surface area contributed by atoms with Gasteiger partial charge in [0, 0.05) is 0 Å². The first-order valence-corrected chi connectivity index (χ1v) is 12.1. The van der Waals surface area contributed by atoms with Gasteiger partial charge < -0.3 is 4.74 Å². The normalized spacial score (nSPS) is 30.1. The third-order valence-corrected chi connectivity index (χ3v) is 6.95. The van der Waals surface area contributed by atoms with E-state index < -0.39 is 0 Å². The lowest BCUT2D eigenvalue weighted by Crippen LogP contribution is -2.21. The maximum absolute atomic E-state index is 6.15. The van der Waals surface area contributed by atoms with Crippen molar-refractivity contribution in [2.45, 2.75) is 123 Å². The van der Waals surface area contributed by atoms with E-state index in [1.54, 1.807) is 0 Å². The van der Waals surface area contributed by atoms with Crippen molar-refractivity contribution in [3.05, 3.63) is 12.2 Å². The van der Waals surface area contributed by atoms with Gasteiger partial charge in [-0.1, -0.05) is 77.4 Å². The molecule has 0 aliphatic heterocycles. The lowest BCUT2D eigenvalue weighted by atomic mass is 9.79. The van der Waals surface area contributed by atoms with Crippen LogP contribution in [0, 0.1) is 17.8 Å². The minimum Gasteiger partial charge on any atom is -0.374 e. The summed E-state index contributed by atoms with van der Waals surface area (Å²) in [4.78, 5) is 0. The van der Waals surface area contributed by atoms with E-state index in [0.29, 0.717) is 6.10 Å². The van der Waals surface area contributed by atoms with Gasteiger partial charge in [-0.2, -0.15) is 0 Å². The summed E-state index contributed by atoms with van der Waals surface area (Å²) in [6.45, 7) is 5.46. The summed E-state index contributed by atoms with van der Waals surface area (Å²) in [7, 11) is 0. The molecule has 0 bridgehead atoms. The zero-order chi connectivity index (χ0) is 18.5. The zero-order valence-corrected chi connectivity index (χ0v) is 17.9. The highest BCUT2D eigenvalue weighted by molar-refractivity contribution is 4.91. The highest BCUT2D eigenvalue weighted by Gasteiger charge is 2.21. The van der Waals surface area contributed by atoms with Crippen molar-refractivity contribution < 1.29 is 4.74 Å². The Morgan fingerprint density at radius 3 is 1.77 bits per heavy atom. The van der Waals surface area contributed by atoms with Crippen LogP contribution < -0.4 is 0 Å². The van der Waals surface area contributed by atoms with Crippen LogP contribution in [0.1, 0.15) is 117 Å². The van der Waals surface area contributed by atoms with Gasteiger partial charge in [-0.15, -0.1) is 0 Å². The van der Waals surface area contributed by atoms with Crippen molar-refractivity contribution >= 4 is 0 Å². The topological polar surface area (TPSA) is 9.23 Å². The smallest absolute Gasteiger partial charge is 0.0651 e. The molecule has 0 heterocycles. The monoisotopic (exact) mass is 362 g/mol. The molecule has 2 aliphatic carbocycles. The number of allylic oxidation sites excluding steroid dienone is 1. The van der Waals surface area contributed by atoms with E-state index in [-0.39, 0.29) is 0 Å². The molecular weight excluding hydrogens is 316 g/mol. The second kappa shape index (κ2) is 13.8. The van der Waals surface area contributed by atoms with Gasteiger partial charge in [-0.05, 0) is 69.1 Å². The Balaban J connectivity index is 1.49. The van der Waals surface area contributed by atoms with Gasteiger partial charge in [0.2, 0.25) is 0 Å². The third kappa shape index (κ3) is 9.07. The van der Waals surface area contributed by atoms with Crippen LogP contribution in [0.5, 0.6) is 0 Å². The van der Waals surface area contributed by atoms with Gasteiger partial charge in [0.15, 0.2) is 0 Å². The van der Waals surface area contributed by atoms with Crippen molar-refractivity contribution in [2.75, 3.05) is 6.61 Å². The fourth-order valence-corrected chi connectivity index (χ4v) is 5.06. The second-order valence-corrected chi connectivity index (χ2v) is 9.18. The zero-order valence-electron chi connectivity index (χ0n) is 17.9. The largest absolute Gasteiger partial charge is 0.374 e. The number of unbranched alkanes of at least 4 members (excludes halogenated alkanes) is 4. The van der Waals surface area contributed by atoms with E-state index in [4.69, 9.17) is 4.74 Å². The van der Waals surface area contributed by atoms with Gasteiger partial charge >= 0.3 is 0 Å². The third-order valence-electron chi connectivity index (χ3n) is 6.95. The minimum atomic E-state index is 0.538. The molecular formula is C25H46O. The molecule has 2 saturated carbocycles. The number of hydrogen-bond donors (Lipinski definition) is 0. The molecule has 1 nitrogen and oxygen atoms in total. The minimum absolute atomic E-state index is 0.538. The summed E-state index contributed by atoms with van der Waals surface area (Å²) >= 11 is 0. The summed E-state index contributed by atoms with van der Waals surface area (Å²) < 4.78 is 6.15. The fraction of sp³-hybridized carbons (Fsp3) is 0.920. The van der Waals surface area contributed by atoms with Crippen molar-refractivity contribution in [1.82, 2.24) is 0 Å². The first-order valence-electron chi connectivity index (χ1n) is 12.1. The maximum atomic E-state index is 6.15. The standard InChI is InChI=1S/C25H46O/c1-3-5-7-10-22-13-15-24(16-14-22)12-9-21-26-25-19-17-23(18-20-25)11-8-6-4-2/h9,12,22-25H,3-8,10-11,13-21H2,1-2H3. The Hall–Kier alpha value is -0.300. The molecule has 0 aromatic carbocycles. The van der Waals surface area contributed by atoms with Gasteiger partial charge in [0.25, 0.3) is 0 Å². The van der Waals surface area contributed by atoms with Crippen molar-refractivity contribution in [3.63, 3.8) is 0 Å². The first kappa shape index (κ1) is 22.0. The van der Waals surface area contributed by atoms with Crippen molar-refractivity contribution in [3.8, 4) is 0 Å². The highest BCUT2D eigenvalue weighted by atomic mass is 16.5. The molecule has 2 fully saturated rings. The Morgan fingerprint density at radius 1 is 0.692 bits per heavy atom. The summed E-state index contributed by atoms with van der Waals surface area (Å²) in [5, 5.41) is 0. The van der Waals surface area contributed by atoms with E-state index in [1.807, 2.05) is 0 Å².